The first kappa shape index (κ1) is 97.1. The van der Waals surface area contributed by atoms with Gasteiger partial charge >= 0.3 is 39.5 Å². The average Bonchev–Trinajstić information content (AvgIpc) is 3.53. The van der Waals surface area contributed by atoms with Gasteiger partial charge in [0.25, 0.3) is 0 Å². The van der Waals surface area contributed by atoms with Crippen molar-refractivity contribution in [2.45, 2.75) is 427 Å². The average molecular weight is 1450 g/mol. The van der Waals surface area contributed by atoms with Gasteiger partial charge in [0.15, 0.2) is 12.2 Å². The van der Waals surface area contributed by atoms with Crippen LogP contribution in [0.15, 0.2) is 0 Å². The van der Waals surface area contributed by atoms with Gasteiger partial charge in [-0.3, -0.25) is 37.3 Å². The molecule has 0 aromatic carbocycles. The Morgan fingerprint density at radius 2 is 0.485 bits per heavy atom. The van der Waals surface area contributed by atoms with Crippen LogP contribution in [0, 0.1) is 23.7 Å². The summed E-state index contributed by atoms with van der Waals surface area (Å²) in [6.07, 6.45) is 55.7. The van der Waals surface area contributed by atoms with E-state index in [1.54, 1.807) is 0 Å². The lowest BCUT2D eigenvalue weighted by atomic mass is 10.00. The maximum Gasteiger partial charge on any atom is 0.472 e. The first-order valence-corrected chi connectivity index (χ1v) is 44.2. The number of hydrogen-bond acceptors (Lipinski definition) is 15. The minimum Gasteiger partial charge on any atom is -0.462 e. The molecule has 4 unspecified atom stereocenters. The predicted octanol–water partition coefficient (Wildman–Crippen LogP) is 23.6. The Bertz CT molecular complexity index is 1940. The summed E-state index contributed by atoms with van der Waals surface area (Å²) in [5.41, 5.74) is 0. The van der Waals surface area contributed by atoms with Crippen molar-refractivity contribution in [1.29, 1.82) is 0 Å². The predicted molar refractivity (Wildman–Crippen MR) is 404 cm³/mol. The summed E-state index contributed by atoms with van der Waals surface area (Å²) in [6, 6.07) is 0. The number of carbonyl (C=O) groups is 4. The topological polar surface area (TPSA) is 237 Å². The molecule has 0 saturated heterocycles. The molecule has 588 valence electrons. The van der Waals surface area contributed by atoms with Crippen LogP contribution < -0.4 is 0 Å². The highest BCUT2D eigenvalue weighted by molar-refractivity contribution is 7.47. The molecule has 3 N–H and O–H groups in total. The van der Waals surface area contributed by atoms with Crippen LogP contribution in [0.3, 0.4) is 0 Å². The zero-order valence-electron chi connectivity index (χ0n) is 65.1. The van der Waals surface area contributed by atoms with E-state index in [1.807, 2.05) is 0 Å². The Kier molecular flexibility index (Phi) is 67.8. The number of aliphatic hydroxyl groups is 1. The number of esters is 4. The first-order valence-electron chi connectivity index (χ1n) is 41.2. The summed E-state index contributed by atoms with van der Waals surface area (Å²) in [4.78, 5) is 72.9. The van der Waals surface area contributed by atoms with Crippen molar-refractivity contribution >= 4 is 39.5 Å². The lowest BCUT2D eigenvalue weighted by Gasteiger charge is -2.21. The normalized spacial score (nSPS) is 14.3. The standard InChI is InChI=1S/C80H156O17P2/c1-9-73(8)59-51-43-38-39-47-55-63-80(85)97-76(67-91-78(83)61-53-45-36-31-30-34-42-50-58-72(6)7)69-95-99(88,89)93-65-74(81)64-92-98(86,87)94-68-75(66-90-77(82)60-52-44-35-28-24-20-17-16-19-23-27-33-41-49-57-71(4)5)96-79(84)62-54-46-37-29-25-21-15-13-11-10-12-14-18-22-26-32-40-48-56-70(2)3/h70-76,81H,9-69H2,1-8H3,(H,86,87)(H,88,89)/t73?,74?,75-,76-/m1/s1. The minimum atomic E-state index is -4.96. The van der Waals surface area contributed by atoms with E-state index in [4.69, 9.17) is 37.0 Å². The van der Waals surface area contributed by atoms with Gasteiger partial charge < -0.3 is 33.8 Å². The van der Waals surface area contributed by atoms with Gasteiger partial charge in [-0.25, -0.2) is 9.13 Å². The van der Waals surface area contributed by atoms with Crippen molar-refractivity contribution in [2.75, 3.05) is 39.6 Å². The first-order chi connectivity index (χ1) is 47.6. The molecule has 99 heavy (non-hydrogen) atoms. The summed E-state index contributed by atoms with van der Waals surface area (Å²) in [6.45, 7) is 14.2. The van der Waals surface area contributed by atoms with Gasteiger partial charge in [0.2, 0.25) is 0 Å². The van der Waals surface area contributed by atoms with E-state index in [1.165, 1.54) is 212 Å². The van der Waals surface area contributed by atoms with Gasteiger partial charge in [-0.2, -0.15) is 0 Å². The van der Waals surface area contributed by atoms with E-state index in [2.05, 4.69) is 55.4 Å². The lowest BCUT2D eigenvalue weighted by molar-refractivity contribution is -0.161. The molecule has 19 heteroatoms. The molecule has 0 spiro atoms. The third kappa shape index (κ3) is 72.8. The molecule has 0 amide bonds. The fourth-order valence-corrected chi connectivity index (χ4v) is 13.8. The van der Waals surface area contributed by atoms with Crippen molar-refractivity contribution < 1.29 is 80.2 Å². The van der Waals surface area contributed by atoms with Crippen LogP contribution in [-0.4, -0.2) is 96.7 Å². The number of carbonyl (C=O) groups excluding carboxylic acids is 4. The van der Waals surface area contributed by atoms with Crippen LogP contribution in [0.1, 0.15) is 409 Å². The van der Waals surface area contributed by atoms with Gasteiger partial charge in [-0.1, -0.05) is 357 Å². The number of phosphoric ester groups is 2. The molecule has 0 fully saturated rings. The third-order valence-electron chi connectivity index (χ3n) is 18.9. The maximum absolute atomic E-state index is 13.1. The molecular formula is C80H156O17P2. The monoisotopic (exact) mass is 1450 g/mol. The minimum absolute atomic E-state index is 0.102. The highest BCUT2D eigenvalue weighted by atomic mass is 31.2. The van der Waals surface area contributed by atoms with Crippen molar-refractivity contribution in [3.63, 3.8) is 0 Å². The summed E-state index contributed by atoms with van der Waals surface area (Å²) < 4.78 is 68.6. The third-order valence-corrected chi connectivity index (χ3v) is 20.8. The van der Waals surface area contributed by atoms with Crippen LogP contribution in [0.5, 0.6) is 0 Å². The summed E-state index contributed by atoms with van der Waals surface area (Å²) >= 11 is 0. The molecule has 0 rings (SSSR count). The fourth-order valence-electron chi connectivity index (χ4n) is 12.2. The van der Waals surface area contributed by atoms with Gasteiger partial charge in [0.1, 0.15) is 19.3 Å². The SMILES string of the molecule is CCC(C)CCCCCCCCC(=O)O[C@H](COC(=O)CCCCCCCCCCC(C)C)COP(=O)(O)OCC(O)COP(=O)(O)OC[C@@H](COC(=O)CCCCCCCCCCCCCCCCC(C)C)OC(=O)CCCCCCCCCCCCCCCCCCCCC(C)C. The molecule has 0 saturated carbocycles. The van der Waals surface area contributed by atoms with E-state index >= 15 is 0 Å². The molecule has 0 radical (unpaired) electrons. The number of ether oxygens (including phenoxy) is 4. The number of hydrogen-bond donors (Lipinski definition) is 3. The highest BCUT2D eigenvalue weighted by Gasteiger charge is 2.30. The van der Waals surface area contributed by atoms with Crippen LogP contribution in [0.4, 0.5) is 0 Å². The Balaban J connectivity index is 5.21. The second kappa shape index (κ2) is 69.1. The van der Waals surface area contributed by atoms with Crippen LogP contribution in [0.2, 0.25) is 0 Å². The number of unbranched alkanes of at least 4 members (excludes halogenated alkanes) is 42. The Hall–Kier alpha value is -1.94. The number of phosphoric acid groups is 2. The molecular weight excluding hydrogens is 1290 g/mol. The van der Waals surface area contributed by atoms with Crippen molar-refractivity contribution in [3.8, 4) is 0 Å². The molecule has 0 heterocycles. The quantitative estimate of drug-likeness (QED) is 0.0222. The van der Waals surface area contributed by atoms with E-state index < -0.39 is 97.5 Å². The summed E-state index contributed by atoms with van der Waals surface area (Å²) in [5, 5.41) is 10.6. The smallest absolute Gasteiger partial charge is 0.462 e. The van der Waals surface area contributed by atoms with Gasteiger partial charge in [-0.15, -0.1) is 0 Å². The molecule has 0 aromatic rings. The number of aliphatic hydroxyl groups excluding tert-OH is 1. The van der Waals surface area contributed by atoms with Crippen molar-refractivity contribution in [2.24, 2.45) is 23.7 Å². The Morgan fingerprint density at radius 3 is 0.717 bits per heavy atom. The second-order valence-corrected chi connectivity index (χ2v) is 33.4. The largest absolute Gasteiger partial charge is 0.472 e. The van der Waals surface area contributed by atoms with Gasteiger partial charge in [-0.05, 0) is 49.4 Å². The molecule has 0 aliphatic rings. The van der Waals surface area contributed by atoms with Crippen molar-refractivity contribution in [1.82, 2.24) is 0 Å². The molecule has 0 aromatic heterocycles. The summed E-state index contributed by atoms with van der Waals surface area (Å²) in [5.74, 6) is 0.947. The fraction of sp³-hybridized carbons (Fsp3) is 0.950. The number of rotatable bonds is 77. The van der Waals surface area contributed by atoms with E-state index in [9.17, 15) is 43.2 Å². The maximum atomic E-state index is 13.1. The second-order valence-electron chi connectivity index (χ2n) is 30.5. The molecule has 6 atom stereocenters. The molecule has 17 nitrogen and oxygen atoms in total. The summed E-state index contributed by atoms with van der Waals surface area (Å²) in [7, 11) is -9.92. The van der Waals surface area contributed by atoms with Gasteiger partial charge in [0.05, 0.1) is 26.4 Å². The van der Waals surface area contributed by atoms with Crippen LogP contribution in [-0.2, 0) is 65.4 Å². The van der Waals surface area contributed by atoms with E-state index in [-0.39, 0.29) is 25.7 Å². The van der Waals surface area contributed by atoms with E-state index in [0.717, 1.165) is 114 Å². The molecule has 0 bridgehead atoms. The van der Waals surface area contributed by atoms with E-state index in [0.29, 0.717) is 25.7 Å². The highest BCUT2D eigenvalue weighted by Crippen LogP contribution is 2.45. The zero-order chi connectivity index (χ0) is 73.1. The van der Waals surface area contributed by atoms with Crippen molar-refractivity contribution in [3.05, 3.63) is 0 Å². The zero-order valence-corrected chi connectivity index (χ0v) is 66.9. The molecule has 0 aliphatic heterocycles. The Morgan fingerprint density at radius 1 is 0.283 bits per heavy atom. The van der Waals surface area contributed by atoms with Crippen LogP contribution in [0.25, 0.3) is 0 Å². The molecule has 0 aliphatic carbocycles. The lowest BCUT2D eigenvalue weighted by Crippen LogP contribution is -2.30. The van der Waals surface area contributed by atoms with Gasteiger partial charge in [0, 0.05) is 25.7 Å². The van der Waals surface area contributed by atoms with Crippen LogP contribution >= 0.6 is 15.6 Å². The Labute approximate surface area is 607 Å².